The molecule has 0 spiro atoms. The van der Waals surface area contributed by atoms with E-state index < -0.39 is 0 Å². The van der Waals surface area contributed by atoms with Crippen LogP contribution < -0.4 is 20.5 Å². The van der Waals surface area contributed by atoms with Crippen LogP contribution in [-0.2, 0) is 6.42 Å². The van der Waals surface area contributed by atoms with Gasteiger partial charge in [-0.25, -0.2) is 0 Å². The maximum absolute atomic E-state index is 6.05. The lowest BCUT2D eigenvalue weighted by molar-refractivity contribution is 0.336. The predicted octanol–water partition coefficient (Wildman–Crippen LogP) is 3.72. The molecule has 6 heteroatoms. The van der Waals surface area contributed by atoms with E-state index in [9.17, 15) is 0 Å². The smallest absolute Gasteiger partial charge is 0.193 e. The fourth-order valence-corrected chi connectivity index (χ4v) is 2.39. The third kappa shape index (κ3) is 5.35. The van der Waals surface area contributed by atoms with E-state index in [1.165, 1.54) is 0 Å². The van der Waals surface area contributed by atoms with Crippen LogP contribution >= 0.6 is 11.6 Å². The summed E-state index contributed by atoms with van der Waals surface area (Å²) in [4.78, 5) is 4.34. The van der Waals surface area contributed by atoms with E-state index in [0.717, 1.165) is 22.7 Å². The molecule has 2 aromatic rings. The molecule has 2 aromatic carbocycles. The number of aliphatic imine (C=N–C) groups is 1. The first-order chi connectivity index (χ1) is 11.6. The first-order valence-electron chi connectivity index (χ1n) is 7.74. The maximum Gasteiger partial charge on any atom is 0.193 e. The van der Waals surface area contributed by atoms with Gasteiger partial charge in [-0.05, 0) is 61.4 Å². The number of anilines is 1. The maximum atomic E-state index is 6.05. The predicted molar refractivity (Wildman–Crippen MR) is 99.4 cm³/mol. The number of ether oxygens (including phenoxy) is 2. The molecule has 24 heavy (non-hydrogen) atoms. The molecule has 0 radical (unpaired) electrons. The lowest BCUT2D eigenvalue weighted by Crippen LogP contribution is -2.23. The van der Waals surface area contributed by atoms with Gasteiger partial charge in [-0.1, -0.05) is 11.6 Å². The summed E-state index contributed by atoms with van der Waals surface area (Å²) in [6.45, 7) is 3.10. The van der Waals surface area contributed by atoms with E-state index in [-0.39, 0.29) is 0 Å². The second-order valence-electron chi connectivity index (χ2n) is 5.06. The Morgan fingerprint density at radius 3 is 2.62 bits per heavy atom. The van der Waals surface area contributed by atoms with Crippen molar-refractivity contribution >= 4 is 23.2 Å². The van der Waals surface area contributed by atoms with Crippen LogP contribution in [0.2, 0.25) is 5.02 Å². The van der Waals surface area contributed by atoms with Crippen molar-refractivity contribution in [2.24, 2.45) is 10.7 Å². The Hall–Kier alpha value is -2.40. The number of nitrogens with zero attached hydrogens (tertiary/aromatic N) is 1. The average molecular weight is 348 g/mol. The van der Waals surface area contributed by atoms with Crippen LogP contribution in [0, 0.1) is 0 Å². The first kappa shape index (κ1) is 17.9. The molecule has 0 amide bonds. The number of nitrogens with two attached hydrogens (primary N) is 1. The molecule has 0 bridgehead atoms. The van der Waals surface area contributed by atoms with Gasteiger partial charge < -0.3 is 20.5 Å². The van der Waals surface area contributed by atoms with Crippen LogP contribution in [-0.4, -0.2) is 26.2 Å². The number of methoxy groups -OCH3 is 1. The normalized spacial score (nSPS) is 11.2. The zero-order valence-electron chi connectivity index (χ0n) is 13.9. The summed E-state index contributed by atoms with van der Waals surface area (Å²) in [5.74, 6) is 1.99. The van der Waals surface area contributed by atoms with Gasteiger partial charge in [-0.3, -0.25) is 4.99 Å². The average Bonchev–Trinajstić information content (AvgIpc) is 2.58. The largest absolute Gasteiger partial charge is 0.497 e. The highest BCUT2D eigenvalue weighted by Gasteiger charge is 2.04. The Morgan fingerprint density at radius 1 is 1.21 bits per heavy atom. The number of hydrogen-bond donors (Lipinski definition) is 2. The highest BCUT2D eigenvalue weighted by molar-refractivity contribution is 6.30. The summed E-state index contributed by atoms with van der Waals surface area (Å²) < 4.78 is 10.7. The minimum Gasteiger partial charge on any atom is -0.497 e. The molecule has 3 N–H and O–H groups in total. The van der Waals surface area contributed by atoms with Gasteiger partial charge in [-0.15, -0.1) is 0 Å². The van der Waals surface area contributed by atoms with E-state index in [1.807, 2.05) is 49.4 Å². The van der Waals surface area contributed by atoms with Gasteiger partial charge in [0.2, 0.25) is 0 Å². The Labute approximate surface area is 147 Å². The van der Waals surface area contributed by atoms with Crippen LogP contribution in [0.5, 0.6) is 11.5 Å². The van der Waals surface area contributed by atoms with Gasteiger partial charge in [-0.2, -0.15) is 0 Å². The van der Waals surface area contributed by atoms with Crippen molar-refractivity contribution in [3.05, 3.63) is 53.1 Å². The second-order valence-corrected chi connectivity index (χ2v) is 5.49. The highest BCUT2D eigenvalue weighted by atomic mass is 35.5. The molecule has 0 heterocycles. The van der Waals surface area contributed by atoms with Gasteiger partial charge in [0, 0.05) is 17.3 Å². The van der Waals surface area contributed by atoms with E-state index in [4.69, 9.17) is 26.8 Å². The number of guanidine groups is 1. The quantitative estimate of drug-likeness (QED) is 0.591. The zero-order valence-corrected chi connectivity index (χ0v) is 14.6. The third-order valence-corrected chi connectivity index (χ3v) is 3.58. The zero-order chi connectivity index (χ0) is 17.4. The van der Waals surface area contributed by atoms with Gasteiger partial charge >= 0.3 is 0 Å². The summed E-state index contributed by atoms with van der Waals surface area (Å²) in [6, 6.07) is 13.1. The van der Waals surface area contributed by atoms with Crippen molar-refractivity contribution < 1.29 is 9.47 Å². The molecule has 128 valence electrons. The van der Waals surface area contributed by atoms with Gasteiger partial charge in [0.05, 0.1) is 13.7 Å². The molecule has 0 aromatic heterocycles. The molecule has 0 aliphatic heterocycles. The monoisotopic (exact) mass is 347 g/mol. The van der Waals surface area contributed by atoms with E-state index >= 15 is 0 Å². The number of nitrogens with one attached hydrogen (secondary N) is 1. The second kappa shape index (κ2) is 9.03. The van der Waals surface area contributed by atoms with Gasteiger partial charge in [0.25, 0.3) is 0 Å². The molecule has 5 nitrogen and oxygen atoms in total. The molecule has 0 atom stereocenters. The van der Waals surface area contributed by atoms with Crippen LogP contribution in [0.3, 0.4) is 0 Å². The van der Waals surface area contributed by atoms with Gasteiger partial charge in [0.15, 0.2) is 5.96 Å². The molecule has 0 fully saturated rings. The van der Waals surface area contributed by atoms with Crippen LogP contribution in [0.1, 0.15) is 12.5 Å². The van der Waals surface area contributed by atoms with Crippen molar-refractivity contribution in [1.29, 1.82) is 0 Å². The van der Waals surface area contributed by atoms with Crippen molar-refractivity contribution in [2.75, 3.05) is 25.6 Å². The molecule has 0 aliphatic carbocycles. The SMILES string of the molecule is CCOc1ccc(Cl)cc1CCN=C(N)Nc1ccc(OC)cc1. The van der Waals surface area contributed by atoms with Crippen LogP contribution in [0.4, 0.5) is 5.69 Å². The summed E-state index contributed by atoms with van der Waals surface area (Å²) in [5, 5.41) is 3.73. The van der Waals surface area contributed by atoms with E-state index in [1.54, 1.807) is 7.11 Å². The fourth-order valence-electron chi connectivity index (χ4n) is 2.20. The Balaban J connectivity index is 1.94. The topological polar surface area (TPSA) is 68.9 Å². The highest BCUT2D eigenvalue weighted by Crippen LogP contribution is 2.23. The van der Waals surface area contributed by atoms with E-state index in [2.05, 4.69) is 10.3 Å². The molecule has 0 unspecified atom stereocenters. The minimum absolute atomic E-state index is 0.361. The molecule has 0 aliphatic rings. The standard InChI is InChI=1S/C18H22ClN3O2/c1-3-24-17-9-4-14(19)12-13(17)10-11-21-18(20)22-15-5-7-16(23-2)8-6-15/h4-9,12H,3,10-11H2,1-2H3,(H3,20,21,22). The molecule has 0 saturated carbocycles. The number of rotatable bonds is 7. The van der Waals surface area contributed by atoms with Crippen molar-refractivity contribution in [3.8, 4) is 11.5 Å². The van der Waals surface area contributed by atoms with Crippen molar-refractivity contribution in [1.82, 2.24) is 0 Å². The summed E-state index contributed by atoms with van der Waals surface area (Å²) in [5.41, 5.74) is 7.79. The number of benzene rings is 2. The fraction of sp³-hybridized carbons (Fsp3) is 0.278. The van der Waals surface area contributed by atoms with Crippen LogP contribution in [0.25, 0.3) is 0 Å². The Bertz CT molecular complexity index is 687. The lowest BCUT2D eigenvalue weighted by Gasteiger charge is -2.10. The Kier molecular flexibility index (Phi) is 6.75. The minimum atomic E-state index is 0.361. The summed E-state index contributed by atoms with van der Waals surface area (Å²) in [6.07, 6.45) is 0.695. The number of halogens is 1. The lowest BCUT2D eigenvalue weighted by atomic mass is 10.1. The molecular weight excluding hydrogens is 326 g/mol. The number of hydrogen-bond acceptors (Lipinski definition) is 3. The summed E-state index contributed by atoms with van der Waals surface area (Å²) in [7, 11) is 1.63. The summed E-state index contributed by atoms with van der Waals surface area (Å²) >= 11 is 6.05. The van der Waals surface area contributed by atoms with Crippen molar-refractivity contribution in [2.45, 2.75) is 13.3 Å². The van der Waals surface area contributed by atoms with Gasteiger partial charge in [0.1, 0.15) is 11.5 Å². The van der Waals surface area contributed by atoms with Crippen LogP contribution in [0.15, 0.2) is 47.5 Å². The van der Waals surface area contributed by atoms with E-state index in [0.29, 0.717) is 30.6 Å². The third-order valence-electron chi connectivity index (χ3n) is 3.35. The first-order valence-corrected chi connectivity index (χ1v) is 8.12. The Morgan fingerprint density at radius 2 is 1.96 bits per heavy atom. The molecule has 0 saturated heterocycles. The van der Waals surface area contributed by atoms with Crippen molar-refractivity contribution in [3.63, 3.8) is 0 Å². The molecule has 2 rings (SSSR count). The molecular formula is C18H22ClN3O2.